The third-order valence-corrected chi connectivity index (χ3v) is 10.6. The summed E-state index contributed by atoms with van der Waals surface area (Å²) in [4.78, 5) is 19.6. The number of benzene rings is 7. The Labute approximate surface area is 322 Å². The number of aromatic nitrogens is 6. The Morgan fingerprint density at radius 3 is 1.61 bits per heavy atom. The Bertz CT molecular complexity index is 3180. The molecule has 6 heteroatoms. The van der Waals surface area contributed by atoms with Crippen molar-refractivity contribution in [2.45, 2.75) is 0 Å². The van der Waals surface area contributed by atoms with Crippen molar-refractivity contribution in [2.75, 3.05) is 0 Å². The number of para-hydroxylation sites is 3. The van der Waals surface area contributed by atoms with E-state index in [1.54, 1.807) is 0 Å². The maximum absolute atomic E-state index is 4.97. The predicted octanol–water partition coefficient (Wildman–Crippen LogP) is 12.1. The molecule has 4 heterocycles. The summed E-state index contributed by atoms with van der Waals surface area (Å²) in [6.07, 6.45) is 1.85. The van der Waals surface area contributed by atoms with Crippen LogP contribution in [0.15, 0.2) is 194 Å². The number of pyridine rings is 1. The fourth-order valence-electron chi connectivity index (χ4n) is 8.13. The SMILES string of the molecule is c1ccc(-c2nc(-c3ccccc3)nc(-c3cc(-c4cccc5c4c4ccccc4n5-c4ccc5c6ccccc6n(-c6ccccc6)c5c4)ccn3)n2)cc1. The van der Waals surface area contributed by atoms with E-state index in [2.05, 4.69) is 137 Å². The molecule has 0 spiro atoms. The Morgan fingerprint density at radius 2 is 0.893 bits per heavy atom. The molecule has 11 aromatic rings. The number of nitrogens with zero attached hydrogens (tertiary/aromatic N) is 6. The van der Waals surface area contributed by atoms with Gasteiger partial charge < -0.3 is 9.13 Å². The van der Waals surface area contributed by atoms with Crippen molar-refractivity contribution in [1.82, 2.24) is 29.1 Å². The molecule has 0 N–H and O–H groups in total. The molecular formula is C50H32N6. The van der Waals surface area contributed by atoms with Gasteiger partial charge in [0.2, 0.25) is 0 Å². The standard InChI is InChI=1S/C50H32N6/c1-4-15-33(16-5-1)48-52-49(34-17-6-2-7-18-34)54-50(53-48)42-31-35(29-30-51-42)38-23-14-26-45-47(38)41-22-11-13-25-44(41)56(45)37-27-28-40-39-21-10-12-24-43(39)55(46(40)32-37)36-19-8-3-9-20-36/h1-32H. The lowest BCUT2D eigenvalue weighted by molar-refractivity contribution is 1.06. The highest BCUT2D eigenvalue weighted by atomic mass is 15.0. The van der Waals surface area contributed by atoms with Gasteiger partial charge in [-0.2, -0.15) is 0 Å². The van der Waals surface area contributed by atoms with E-state index in [1.807, 2.05) is 66.9 Å². The molecule has 0 atom stereocenters. The molecule has 0 amide bonds. The molecular weight excluding hydrogens is 685 g/mol. The molecule has 7 aromatic carbocycles. The average Bonchev–Trinajstić information content (AvgIpc) is 3.80. The minimum absolute atomic E-state index is 0.524. The molecule has 0 saturated heterocycles. The van der Waals surface area contributed by atoms with Crippen molar-refractivity contribution in [3.8, 4) is 56.8 Å². The van der Waals surface area contributed by atoms with E-state index in [1.165, 1.54) is 27.1 Å². The lowest BCUT2D eigenvalue weighted by atomic mass is 9.99. The van der Waals surface area contributed by atoms with Crippen LogP contribution in [0.1, 0.15) is 0 Å². The van der Waals surface area contributed by atoms with Crippen LogP contribution in [0.25, 0.3) is 100 Å². The zero-order valence-electron chi connectivity index (χ0n) is 30.2. The van der Waals surface area contributed by atoms with Crippen LogP contribution in [0, 0.1) is 0 Å². The van der Waals surface area contributed by atoms with Crippen molar-refractivity contribution in [3.63, 3.8) is 0 Å². The monoisotopic (exact) mass is 716 g/mol. The maximum atomic E-state index is 4.97. The van der Waals surface area contributed by atoms with Crippen molar-refractivity contribution in [2.24, 2.45) is 0 Å². The van der Waals surface area contributed by atoms with E-state index in [0.717, 1.165) is 50.2 Å². The summed E-state index contributed by atoms with van der Waals surface area (Å²) < 4.78 is 4.77. The highest BCUT2D eigenvalue weighted by Crippen LogP contribution is 2.40. The zero-order chi connectivity index (χ0) is 37.0. The van der Waals surface area contributed by atoms with Crippen molar-refractivity contribution in [3.05, 3.63) is 194 Å². The van der Waals surface area contributed by atoms with Gasteiger partial charge in [-0.1, -0.05) is 133 Å². The molecule has 0 unspecified atom stereocenters. The molecule has 0 saturated carbocycles. The fourth-order valence-corrected chi connectivity index (χ4v) is 8.13. The number of hydrogen-bond donors (Lipinski definition) is 0. The second kappa shape index (κ2) is 13.0. The summed E-state index contributed by atoms with van der Waals surface area (Å²) in [5.41, 5.74) is 11.5. The molecule has 0 aliphatic carbocycles. The number of rotatable bonds is 6. The molecule has 0 bridgehead atoms. The first-order valence-electron chi connectivity index (χ1n) is 18.7. The van der Waals surface area contributed by atoms with E-state index in [9.17, 15) is 0 Å². The topological polar surface area (TPSA) is 61.4 Å². The normalized spacial score (nSPS) is 11.6. The lowest BCUT2D eigenvalue weighted by Crippen LogP contribution is -2.01. The molecule has 4 aromatic heterocycles. The van der Waals surface area contributed by atoms with Gasteiger partial charge in [0.15, 0.2) is 17.5 Å². The Morgan fingerprint density at radius 1 is 0.339 bits per heavy atom. The van der Waals surface area contributed by atoms with Crippen LogP contribution in [0.5, 0.6) is 0 Å². The van der Waals surface area contributed by atoms with Gasteiger partial charge in [0, 0.05) is 50.2 Å². The van der Waals surface area contributed by atoms with Crippen molar-refractivity contribution in [1.29, 1.82) is 0 Å². The Kier molecular flexibility index (Phi) is 7.38. The highest BCUT2D eigenvalue weighted by Gasteiger charge is 2.20. The van der Waals surface area contributed by atoms with Crippen LogP contribution in [-0.2, 0) is 0 Å². The third kappa shape index (κ3) is 5.19. The molecule has 0 fully saturated rings. The number of hydrogen-bond acceptors (Lipinski definition) is 4. The van der Waals surface area contributed by atoms with E-state index < -0.39 is 0 Å². The summed E-state index contributed by atoms with van der Waals surface area (Å²) in [7, 11) is 0. The zero-order valence-corrected chi connectivity index (χ0v) is 30.2. The van der Waals surface area contributed by atoms with Crippen LogP contribution >= 0.6 is 0 Å². The smallest absolute Gasteiger partial charge is 0.182 e. The quantitative estimate of drug-likeness (QED) is 0.172. The van der Waals surface area contributed by atoms with Gasteiger partial charge in [0.1, 0.15) is 5.69 Å². The Balaban J connectivity index is 1.10. The summed E-state index contributed by atoms with van der Waals surface area (Å²) >= 11 is 0. The Hall–Kier alpha value is -7.70. The van der Waals surface area contributed by atoms with Crippen molar-refractivity contribution >= 4 is 43.6 Å². The lowest BCUT2D eigenvalue weighted by Gasteiger charge is -2.12. The van der Waals surface area contributed by atoms with E-state index in [-0.39, 0.29) is 0 Å². The van der Waals surface area contributed by atoms with Crippen molar-refractivity contribution < 1.29 is 0 Å². The van der Waals surface area contributed by atoms with Gasteiger partial charge in [0.25, 0.3) is 0 Å². The second-order valence-electron chi connectivity index (χ2n) is 13.9. The first-order chi connectivity index (χ1) is 27.8. The summed E-state index contributed by atoms with van der Waals surface area (Å²) in [5.74, 6) is 1.74. The van der Waals surface area contributed by atoms with Gasteiger partial charge in [-0.25, -0.2) is 15.0 Å². The van der Waals surface area contributed by atoms with Gasteiger partial charge in [-0.3, -0.25) is 4.98 Å². The third-order valence-electron chi connectivity index (χ3n) is 10.6. The summed E-state index contributed by atoms with van der Waals surface area (Å²) in [5, 5.41) is 4.82. The average molecular weight is 717 g/mol. The molecule has 0 aliphatic heterocycles. The van der Waals surface area contributed by atoms with Gasteiger partial charge in [0.05, 0.1) is 22.1 Å². The van der Waals surface area contributed by atoms with Crippen LogP contribution in [-0.4, -0.2) is 29.1 Å². The van der Waals surface area contributed by atoms with E-state index in [4.69, 9.17) is 19.9 Å². The van der Waals surface area contributed by atoms with E-state index in [0.29, 0.717) is 23.2 Å². The van der Waals surface area contributed by atoms with Crippen LogP contribution in [0.3, 0.4) is 0 Å². The second-order valence-corrected chi connectivity index (χ2v) is 13.9. The summed E-state index contributed by atoms with van der Waals surface area (Å²) in [6, 6.07) is 65.7. The maximum Gasteiger partial charge on any atom is 0.182 e. The molecule has 6 nitrogen and oxygen atoms in total. The van der Waals surface area contributed by atoms with Crippen LogP contribution < -0.4 is 0 Å². The largest absolute Gasteiger partial charge is 0.309 e. The van der Waals surface area contributed by atoms with Gasteiger partial charge >= 0.3 is 0 Å². The van der Waals surface area contributed by atoms with Crippen LogP contribution in [0.2, 0.25) is 0 Å². The predicted molar refractivity (Wildman–Crippen MR) is 228 cm³/mol. The van der Waals surface area contributed by atoms with E-state index >= 15 is 0 Å². The highest BCUT2D eigenvalue weighted by molar-refractivity contribution is 6.16. The molecule has 56 heavy (non-hydrogen) atoms. The van der Waals surface area contributed by atoms with Gasteiger partial charge in [-0.15, -0.1) is 0 Å². The fraction of sp³-hybridized carbons (Fsp3) is 0. The number of fused-ring (bicyclic) bond motifs is 6. The van der Waals surface area contributed by atoms with Gasteiger partial charge in [-0.05, 0) is 65.7 Å². The molecule has 0 radical (unpaired) electrons. The first-order valence-corrected chi connectivity index (χ1v) is 18.7. The summed E-state index contributed by atoms with van der Waals surface area (Å²) in [6.45, 7) is 0. The first kappa shape index (κ1) is 31.8. The molecule has 262 valence electrons. The molecule has 11 rings (SSSR count). The minimum Gasteiger partial charge on any atom is -0.309 e. The minimum atomic E-state index is 0.524. The molecule has 0 aliphatic rings. The van der Waals surface area contributed by atoms with Crippen LogP contribution in [0.4, 0.5) is 0 Å².